The number of aryl methyl sites for hydroxylation is 1. The quantitative estimate of drug-likeness (QED) is 0.564. The molecule has 1 N–H and O–H groups in total. The number of aromatic amines is 1. The van der Waals surface area contributed by atoms with E-state index in [1.165, 1.54) is 11.8 Å². The Balaban J connectivity index is 1.24. The molecular formula is C18H21N6O2S2+. The van der Waals surface area contributed by atoms with Crippen LogP contribution in [0.25, 0.3) is 0 Å². The van der Waals surface area contributed by atoms with E-state index in [2.05, 4.69) is 25.1 Å². The summed E-state index contributed by atoms with van der Waals surface area (Å²) in [5.41, 5.74) is 0.923. The van der Waals surface area contributed by atoms with Crippen LogP contribution in [0.4, 0.5) is 5.82 Å². The molecule has 10 heteroatoms. The van der Waals surface area contributed by atoms with E-state index in [9.17, 15) is 4.79 Å². The molecule has 1 fully saturated rings. The van der Waals surface area contributed by atoms with E-state index in [-0.39, 0.29) is 5.91 Å². The average molecular weight is 418 g/mol. The third-order valence-corrected chi connectivity index (χ3v) is 6.06. The summed E-state index contributed by atoms with van der Waals surface area (Å²) in [7, 11) is 0. The van der Waals surface area contributed by atoms with Crippen molar-refractivity contribution in [2.24, 2.45) is 0 Å². The Morgan fingerprint density at radius 3 is 2.86 bits per heavy atom. The molecule has 0 unspecified atom stereocenters. The number of carbonyl (C=O) groups excluding carboxylic acids is 1. The van der Waals surface area contributed by atoms with E-state index in [1.807, 2.05) is 41.6 Å². The average Bonchev–Trinajstić information content (AvgIpc) is 3.36. The third kappa shape index (κ3) is 4.68. The molecule has 1 saturated heterocycles. The zero-order chi connectivity index (χ0) is 19.3. The maximum atomic E-state index is 12.5. The first-order chi connectivity index (χ1) is 13.7. The summed E-state index contributed by atoms with van der Waals surface area (Å²) in [6.07, 6.45) is 2.43. The second-order valence-corrected chi connectivity index (χ2v) is 8.39. The van der Waals surface area contributed by atoms with Gasteiger partial charge in [0.2, 0.25) is 11.8 Å². The van der Waals surface area contributed by atoms with E-state index in [1.54, 1.807) is 11.3 Å². The minimum absolute atomic E-state index is 0.0940. The van der Waals surface area contributed by atoms with Crippen molar-refractivity contribution in [1.29, 1.82) is 0 Å². The molecule has 0 aromatic carbocycles. The Kier molecular flexibility index (Phi) is 5.87. The Morgan fingerprint density at radius 2 is 2.14 bits per heavy atom. The van der Waals surface area contributed by atoms with Crippen LogP contribution in [0.3, 0.4) is 0 Å². The molecule has 1 amide bonds. The van der Waals surface area contributed by atoms with Crippen LogP contribution in [0.15, 0.2) is 39.4 Å². The Bertz CT molecular complexity index is 921. The van der Waals surface area contributed by atoms with E-state index < -0.39 is 0 Å². The van der Waals surface area contributed by atoms with Gasteiger partial charge in [-0.25, -0.2) is 9.97 Å². The first kappa shape index (κ1) is 18.9. The SMILES string of the molecule is Cc1nc(Cc2nnc(SCC(=O)N3CCN(c4cccc[nH+]4)CC3)o2)cs1. The van der Waals surface area contributed by atoms with Crippen LogP contribution >= 0.6 is 23.1 Å². The van der Waals surface area contributed by atoms with Crippen LogP contribution in [0.5, 0.6) is 0 Å². The second kappa shape index (κ2) is 8.70. The molecule has 0 aliphatic carbocycles. The molecule has 8 nitrogen and oxygen atoms in total. The number of carbonyl (C=O) groups is 1. The maximum absolute atomic E-state index is 12.5. The molecule has 1 aliphatic rings. The summed E-state index contributed by atoms with van der Waals surface area (Å²) in [4.78, 5) is 24.3. The first-order valence-corrected chi connectivity index (χ1v) is 10.9. The van der Waals surface area contributed by atoms with E-state index >= 15 is 0 Å². The number of H-pyrrole nitrogens is 1. The molecule has 3 aromatic heterocycles. The lowest BCUT2D eigenvalue weighted by Crippen LogP contribution is -2.50. The highest BCUT2D eigenvalue weighted by atomic mass is 32.2. The minimum atomic E-state index is 0.0940. The molecule has 0 saturated carbocycles. The number of pyridine rings is 1. The van der Waals surface area contributed by atoms with Gasteiger partial charge in [-0.1, -0.05) is 17.8 Å². The summed E-state index contributed by atoms with van der Waals surface area (Å²) < 4.78 is 5.63. The number of nitrogens with one attached hydrogen (secondary N) is 1. The molecule has 4 heterocycles. The number of hydrogen-bond acceptors (Lipinski definition) is 8. The normalized spacial score (nSPS) is 14.5. The van der Waals surface area contributed by atoms with Gasteiger partial charge in [-0.2, -0.15) is 0 Å². The van der Waals surface area contributed by atoms with Crippen molar-refractivity contribution in [2.75, 3.05) is 36.8 Å². The molecular weight excluding hydrogens is 396 g/mol. The highest BCUT2D eigenvalue weighted by Crippen LogP contribution is 2.19. The zero-order valence-electron chi connectivity index (χ0n) is 15.5. The summed E-state index contributed by atoms with van der Waals surface area (Å²) in [5, 5.41) is 11.5. The van der Waals surface area contributed by atoms with Crippen molar-refractivity contribution in [1.82, 2.24) is 20.1 Å². The van der Waals surface area contributed by atoms with Crippen molar-refractivity contribution in [2.45, 2.75) is 18.6 Å². The van der Waals surface area contributed by atoms with Gasteiger partial charge < -0.3 is 9.32 Å². The van der Waals surface area contributed by atoms with Gasteiger partial charge in [0.15, 0.2) is 0 Å². The van der Waals surface area contributed by atoms with Crippen molar-refractivity contribution >= 4 is 34.8 Å². The van der Waals surface area contributed by atoms with E-state index in [0.29, 0.717) is 36.4 Å². The third-order valence-electron chi connectivity index (χ3n) is 4.43. The largest absolute Gasteiger partial charge is 0.416 e. The highest BCUT2D eigenvalue weighted by Gasteiger charge is 2.26. The number of hydrogen-bond donors (Lipinski definition) is 0. The van der Waals surface area contributed by atoms with Gasteiger partial charge in [-0.15, -0.1) is 21.5 Å². The fourth-order valence-electron chi connectivity index (χ4n) is 3.00. The lowest BCUT2D eigenvalue weighted by atomic mass is 10.3. The standard InChI is InChI=1S/C18H20N6O2S2/c1-13-20-14(11-27-13)10-16-21-22-18(26-16)28-12-17(25)24-8-6-23(7-9-24)15-4-2-3-5-19-15/h2-5,11H,6-10,12H2,1H3/p+1. The number of nitrogens with zero attached hydrogens (tertiary/aromatic N) is 5. The number of aromatic nitrogens is 4. The maximum Gasteiger partial charge on any atom is 0.277 e. The summed E-state index contributed by atoms with van der Waals surface area (Å²) >= 11 is 2.88. The molecule has 3 aromatic rings. The monoisotopic (exact) mass is 417 g/mol. The molecule has 0 bridgehead atoms. The van der Waals surface area contributed by atoms with E-state index in [4.69, 9.17) is 4.42 Å². The Labute approximate surface area is 171 Å². The van der Waals surface area contributed by atoms with Crippen LogP contribution in [0.1, 0.15) is 16.6 Å². The van der Waals surface area contributed by atoms with Gasteiger partial charge >= 0.3 is 0 Å². The van der Waals surface area contributed by atoms with Gasteiger partial charge in [-0.3, -0.25) is 9.69 Å². The lowest BCUT2D eigenvalue weighted by Gasteiger charge is -2.30. The number of thioether (sulfide) groups is 1. The molecule has 146 valence electrons. The second-order valence-electron chi connectivity index (χ2n) is 6.40. The summed E-state index contributed by atoms with van der Waals surface area (Å²) in [6, 6.07) is 6.02. The smallest absolute Gasteiger partial charge is 0.277 e. The van der Waals surface area contributed by atoms with Gasteiger partial charge in [0.25, 0.3) is 11.0 Å². The van der Waals surface area contributed by atoms with E-state index in [0.717, 1.165) is 29.6 Å². The Hall–Kier alpha value is -2.46. The summed E-state index contributed by atoms with van der Waals surface area (Å²) in [6.45, 7) is 5.01. The number of piperazine rings is 1. The van der Waals surface area contributed by atoms with Crippen LogP contribution in [-0.2, 0) is 11.2 Å². The van der Waals surface area contributed by atoms with Gasteiger partial charge in [0.1, 0.15) is 13.1 Å². The fraction of sp³-hybridized carbons (Fsp3) is 0.389. The number of amides is 1. The van der Waals surface area contributed by atoms with Gasteiger partial charge in [0, 0.05) is 11.4 Å². The molecule has 4 rings (SSSR count). The van der Waals surface area contributed by atoms with Crippen molar-refractivity contribution < 1.29 is 14.2 Å². The predicted octanol–water partition coefficient (Wildman–Crippen LogP) is 1.68. The van der Waals surface area contributed by atoms with Gasteiger partial charge in [0.05, 0.1) is 42.2 Å². The molecule has 1 aliphatic heterocycles. The molecule has 0 spiro atoms. The fourth-order valence-corrected chi connectivity index (χ4v) is 4.30. The summed E-state index contributed by atoms with van der Waals surface area (Å²) in [5.74, 6) is 2.00. The zero-order valence-corrected chi connectivity index (χ0v) is 17.1. The van der Waals surface area contributed by atoms with Crippen molar-refractivity contribution in [3.05, 3.63) is 46.4 Å². The Morgan fingerprint density at radius 1 is 1.29 bits per heavy atom. The molecule has 0 radical (unpaired) electrons. The van der Waals surface area contributed by atoms with Crippen molar-refractivity contribution in [3.8, 4) is 0 Å². The van der Waals surface area contributed by atoms with Crippen LogP contribution < -0.4 is 9.88 Å². The predicted molar refractivity (Wildman–Crippen MR) is 106 cm³/mol. The minimum Gasteiger partial charge on any atom is -0.416 e. The van der Waals surface area contributed by atoms with Crippen LogP contribution in [0, 0.1) is 6.92 Å². The molecule has 28 heavy (non-hydrogen) atoms. The topological polar surface area (TPSA) is 89.5 Å². The molecule has 0 atom stereocenters. The highest BCUT2D eigenvalue weighted by molar-refractivity contribution is 7.99. The van der Waals surface area contributed by atoms with Crippen LogP contribution in [-0.4, -0.2) is 57.9 Å². The van der Waals surface area contributed by atoms with Crippen LogP contribution in [0.2, 0.25) is 0 Å². The van der Waals surface area contributed by atoms with Gasteiger partial charge in [-0.05, 0) is 13.0 Å². The number of rotatable bonds is 6. The first-order valence-electron chi connectivity index (χ1n) is 9.03. The van der Waals surface area contributed by atoms with Crippen molar-refractivity contribution in [3.63, 3.8) is 0 Å². The number of thiazole rings is 1. The number of anilines is 1. The lowest BCUT2D eigenvalue weighted by molar-refractivity contribution is -0.364.